The Morgan fingerprint density at radius 1 is 1.18 bits per heavy atom. The fourth-order valence-electron chi connectivity index (χ4n) is 6.51. The standard InChI is InChI=1S/C27H37ClN8O3/c1-32-24-23(25(38)36(27(32)39)16-22(37)30-21-15-33-11-8-17(21)9-12-33)35(13-18-5-2-3-7-20(18)28)26(31-24)34-10-4-6-19(29)14-34/h2-3,5,7,17,19,21,27,39H,4,6,8-16,29H2,1H3,(H,30,37)/t19-,21?,27?/m1/s1. The number of carbonyl (C=O) groups is 2. The van der Waals surface area contributed by atoms with Gasteiger partial charge in [0.05, 0.1) is 6.54 Å². The number of piperidine rings is 4. The minimum Gasteiger partial charge on any atom is -0.356 e. The van der Waals surface area contributed by atoms with Crippen molar-refractivity contribution in [3.8, 4) is 0 Å². The van der Waals surface area contributed by atoms with E-state index in [9.17, 15) is 14.7 Å². The number of hydrogen-bond acceptors (Lipinski definition) is 8. The highest BCUT2D eigenvalue weighted by Gasteiger charge is 2.42. The van der Waals surface area contributed by atoms with Crippen molar-refractivity contribution in [1.29, 1.82) is 0 Å². The summed E-state index contributed by atoms with van der Waals surface area (Å²) in [6.45, 7) is 4.44. The van der Waals surface area contributed by atoms with E-state index >= 15 is 0 Å². The van der Waals surface area contributed by atoms with Crippen LogP contribution in [0, 0.1) is 5.92 Å². The molecule has 7 rings (SSSR count). The molecule has 0 radical (unpaired) electrons. The quantitative estimate of drug-likeness (QED) is 0.479. The topological polar surface area (TPSA) is 123 Å². The third-order valence-corrected chi connectivity index (χ3v) is 9.06. The molecule has 5 aliphatic heterocycles. The molecule has 0 aliphatic carbocycles. The van der Waals surface area contributed by atoms with E-state index in [-0.39, 0.29) is 24.5 Å². The number of nitrogens with two attached hydrogens (primary N) is 1. The number of imidazole rings is 1. The number of nitrogens with one attached hydrogen (secondary N) is 1. The van der Waals surface area contributed by atoms with Gasteiger partial charge in [0.15, 0.2) is 11.5 Å². The number of fused-ring (bicyclic) bond motifs is 4. The van der Waals surface area contributed by atoms with Crippen molar-refractivity contribution in [3.05, 3.63) is 40.5 Å². The second-order valence-corrected chi connectivity index (χ2v) is 11.7. The Hall–Kier alpha value is -2.86. The van der Waals surface area contributed by atoms with Crippen molar-refractivity contribution in [1.82, 2.24) is 24.7 Å². The first-order chi connectivity index (χ1) is 18.8. The predicted octanol–water partition coefficient (Wildman–Crippen LogP) is 0.891. The summed E-state index contributed by atoms with van der Waals surface area (Å²) in [5.41, 5.74) is 7.46. The van der Waals surface area contributed by atoms with E-state index in [1.165, 1.54) is 4.90 Å². The lowest BCUT2D eigenvalue weighted by Crippen LogP contribution is -2.60. The van der Waals surface area contributed by atoms with Crippen LogP contribution in [0.5, 0.6) is 0 Å². The lowest BCUT2D eigenvalue weighted by atomic mass is 9.84. The van der Waals surface area contributed by atoms with Gasteiger partial charge in [0, 0.05) is 43.8 Å². The Morgan fingerprint density at radius 2 is 1.95 bits per heavy atom. The second kappa shape index (κ2) is 10.6. The number of hydrogen-bond donors (Lipinski definition) is 3. The number of nitrogens with zero attached hydrogens (tertiary/aromatic N) is 6. The van der Waals surface area contributed by atoms with Gasteiger partial charge < -0.3 is 30.9 Å². The summed E-state index contributed by atoms with van der Waals surface area (Å²) < 4.78 is 1.86. The van der Waals surface area contributed by atoms with E-state index in [0.717, 1.165) is 57.4 Å². The largest absolute Gasteiger partial charge is 0.356 e. The molecule has 1 aromatic heterocycles. The number of carbonyl (C=O) groups excluding carboxylic acids is 2. The van der Waals surface area contributed by atoms with Gasteiger partial charge in [-0.1, -0.05) is 29.8 Å². The summed E-state index contributed by atoms with van der Waals surface area (Å²) >= 11 is 6.52. The van der Waals surface area contributed by atoms with Crippen molar-refractivity contribution in [3.63, 3.8) is 0 Å². The van der Waals surface area contributed by atoms with Crippen LogP contribution in [0.3, 0.4) is 0 Å². The Balaban J connectivity index is 1.31. The zero-order valence-electron chi connectivity index (χ0n) is 22.3. The Kier molecular flexibility index (Phi) is 7.17. The van der Waals surface area contributed by atoms with E-state index < -0.39 is 12.3 Å². The molecule has 1 aromatic carbocycles. The minimum absolute atomic E-state index is 0.00633. The molecule has 2 aromatic rings. The van der Waals surface area contributed by atoms with Crippen molar-refractivity contribution in [2.75, 3.05) is 56.1 Å². The molecular formula is C27H37ClN8O3. The van der Waals surface area contributed by atoms with Gasteiger partial charge in [0.1, 0.15) is 6.54 Å². The Morgan fingerprint density at radius 3 is 2.64 bits per heavy atom. The minimum atomic E-state index is -1.32. The summed E-state index contributed by atoms with van der Waals surface area (Å²) in [7, 11) is 1.69. The van der Waals surface area contributed by atoms with Crippen LogP contribution in [0.2, 0.25) is 5.02 Å². The van der Waals surface area contributed by atoms with Crippen LogP contribution in [-0.4, -0.2) is 101 Å². The zero-order valence-corrected chi connectivity index (χ0v) is 23.1. The van der Waals surface area contributed by atoms with Gasteiger partial charge in [-0.05, 0) is 56.3 Å². The van der Waals surface area contributed by atoms with Crippen LogP contribution in [0.25, 0.3) is 0 Å². The highest BCUT2D eigenvalue weighted by atomic mass is 35.5. The highest BCUT2D eigenvalue weighted by Crippen LogP contribution is 2.35. The first kappa shape index (κ1) is 26.4. The second-order valence-electron chi connectivity index (χ2n) is 11.3. The number of amides is 2. The molecule has 5 aliphatic rings. The molecule has 39 heavy (non-hydrogen) atoms. The van der Waals surface area contributed by atoms with Gasteiger partial charge in [0.25, 0.3) is 5.91 Å². The summed E-state index contributed by atoms with van der Waals surface area (Å²) in [4.78, 5) is 39.2. The molecule has 2 unspecified atom stereocenters. The zero-order chi connectivity index (χ0) is 27.3. The number of aromatic nitrogens is 2. The van der Waals surface area contributed by atoms with Crippen LogP contribution in [-0.2, 0) is 11.3 Å². The van der Waals surface area contributed by atoms with Crippen molar-refractivity contribution >= 4 is 35.2 Å². The van der Waals surface area contributed by atoms with E-state index in [2.05, 4.69) is 15.1 Å². The van der Waals surface area contributed by atoms with Gasteiger partial charge in [-0.15, -0.1) is 0 Å². The smallest absolute Gasteiger partial charge is 0.278 e. The molecular weight excluding hydrogens is 520 g/mol. The molecule has 2 amide bonds. The third-order valence-electron chi connectivity index (χ3n) is 8.70. The maximum atomic E-state index is 14.0. The number of rotatable bonds is 6. The summed E-state index contributed by atoms with van der Waals surface area (Å²) in [5, 5.41) is 14.9. The molecule has 4 fully saturated rings. The van der Waals surface area contributed by atoms with Gasteiger partial charge in [-0.3, -0.25) is 19.1 Å². The van der Waals surface area contributed by atoms with Crippen molar-refractivity contribution < 1.29 is 14.7 Å². The van der Waals surface area contributed by atoms with Gasteiger partial charge in [0.2, 0.25) is 18.2 Å². The normalized spacial score (nSPS) is 28.6. The fourth-order valence-corrected chi connectivity index (χ4v) is 6.71. The number of benzene rings is 1. The molecule has 4 saturated heterocycles. The lowest BCUT2D eigenvalue weighted by molar-refractivity contribution is -0.126. The third kappa shape index (κ3) is 4.97. The first-order valence-corrected chi connectivity index (χ1v) is 14.3. The summed E-state index contributed by atoms with van der Waals surface area (Å²) in [6, 6.07) is 7.59. The van der Waals surface area contributed by atoms with Gasteiger partial charge in [-0.25, -0.2) is 0 Å². The van der Waals surface area contributed by atoms with Crippen molar-refractivity contribution in [2.45, 2.75) is 50.7 Å². The van der Waals surface area contributed by atoms with Crippen LogP contribution in [0.15, 0.2) is 24.3 Å². The van der Waals surface area contributed by atoms with Gasteiger partial charge in [-0.2, -0.15) is 4.98 Å². The number of halogens is 1. The maximum absolute atomic E-state index is 14.0. The molecule has 0 spiro atoms. The monoisotopic (exact) mass is 556 g/mol. The van der Waals surface area contributed by atoms with E-state index in [1.807, 2.05) is 28.8 Å². The van der Waals surface area contributed by atoms with Crippen molar-refractivity contribution in [2.24, 2.45) is 11.7 Å². The molecule has 12 heteroatoms. The number of anilines is 2. The van der Waals surface area contributed by atoms with E-state index in [0.29, 0.717) is 41.5 Å². The molecule has 4 N–H and O–H groups in total. The van der Waals surface area contributed by atoms with Crippen LogP contribution in [0.4, 0.5) is 11.8 Å². The number of aliphatic hydroxyl groups is 1. The number of aliphatic hydroxyl groups excluding tert-OH is 1. The van der Waals surface area contributed by atoms with Crippen LogP contribution < -0.4 is 20.9 Å². The molecule has 11 nitrogen and oxygen atoms in total. The fraction of sp³-hybridized carbons (Fsp3) is 0.593. The molecule has 3 atom stereocenters. The predicted molar refractivity (Wildman–Crippen MR) is 149 cm³/mol. The van der Waals surface area contributed by atoms with Crippen LogP contribution >= 0.6 is 11.6 Å². The molecule has 210 valence electrons. The first-order valence-electron chi connectivity index (χ1n) is 13.9. The average Bonchev–Trinajstić information content (AvgIpc) is 3.31. The SMILES string of the molecule is CN1c2nc(N3CCC[C@@H](N)C3)n(Cc3ccccc3Cl)c2C(=O)N(CC(=O)NC2CN3CCC2CC3)C1O. The van der Waals surface area contributed by atoms with E-state index in [1.54, 1.807) is 11.9 Å². The molecule has 0 saturated carbocycles. The molecule has 2 bridgehead atoms. The highest BCUT2D eigenvalue weighted by molar-refractivity contribution is 6.31. The Bertz CT molecular complexity index is 1250. The van der Waals surface area contributed by atoms with Crippen LogP contribution in [0.1, 0.15) is 41.7 Å². The molecule has 6 heterocycles. The van der Waals surface area contributed by atoms with E-state index in [4.69, 9.17) is 22.3 Å². The van der Waals surface area contributed by atoms with Gasteiger partial charge >= 0.3 is 0 Å². The maximum Gasteiger partial charge on any atom is 0.278 e. The average molecular weight is 557 g/mol. The summed E-state index contributed by atoms with van der Waals surface area (Å²) in [5.74, 6) is 0.749. The Labute approximate surface area is 233 Å². The lowest BCUT2D eigenvalue weighted by Gasteiger charge is -2.45. The summed E-state index contributed by atoms with van der Waals surface area (Å²) in [6.07, 6.45) is 2.69.